The normalized spacial score (nSPS) is 10.5. The molecule has 0 atom stereocenters. The molecule has 2 heterocycles. The first-order chi connectivity index (χ1) is 14.2. The molecule has 0 saturated heterocycles. The van der Waals surface area contributed by atoms with Crippen molar-refractivity contribution in [2.75, 3.05) is 0 Å². The Hall–Kier alpha value is -2.96. The van der Waals surface area contributed by atoms with Gasteiger partial charge in [-0.15, -0.1) is 0 Å². The van der Waals surface area contributed by atoms with Crippen LogP contribution in [0.1, 0.15) is 5.56 Å². The lowest BCUT2D eigenvalue weighted by Crippen LogP contribution is -1.86. The van der Waals surface area contributed by atoms with Crippen molar-refractivity contribution in [3.63, 3.8) is 0 Å². The molecule has 0 N–H and O–H groups in total. The predicted molar refractivity (Wildman–Crippen MR) is 118 cm³/mol. The summed E-state index contributed by atoms with van der Waals surface area (Å²) < 4.78 is 11.5. The minimum absolute atomic E-state index is 0.583. The van der Waals surface area contributed by atoms with Crippen molar-refractivity contribution < 1.29 is 9.47 Å². The van der Waals surface area contributed by atoms with Gasteiger partial charge in [-0.2, -0.15) is 0 Å². The van der Waals surface area contributed by atoms with Gasteiger partial charge in [0, 0.05) is 17.2 Å². The zero-order chi connectivity index (χ0) is 19.9. The molecule has 4 aromatic rings. The van der Waals surface area contributed by atoms with Crippen LogP contribution in [0.5, 0.6) is 23.1 Å². The van der Waals surface area contributed by atoms with Gasteiger partial charge in [-0.3, -0.25) is 0 Å². The highest BCUT2D eigenvalue weighted by atomic mass is 33.1. The Bertz CT molecular complexity index is 1040. The lowest BCUT2D eigenvalue weighted by molar-refractivity contribution is 0.462. The van der Waals surface area contributed by atoms with E-state index in [9.17, 15) is 0 Å². The summed E-state index contributed by atoms with van der Waals surface area (Å²) in [7, 11) is 3.24. The standard InChI is InChI=1S/C23H18N2O2S2/c1-17-5-7-18(8-6-17)26-20-11-14-23(25-16-20)29-28-21-12-9-19(10-13-21)27-22-4-2-3-15-24-22/h2-16H,1H3. The van der Waals surface area contributed by atoms with Crippen LogP contribution in [0, 0.1) is 6.92 Å². The SMILES string of the molecule is Cc1ccc(Oc2ccc(SSc3ccc(Oc4ccccn4)cc3)nc2)cc1. The summed E-state index contributed by atoms with van der Waals surface area (Å²) in [6, 6.07) is 25.3. The molecule has 0 aliphatic rings. The van der Waals surface area contributed by atoms with Gasteiger partial charge in [0.1, 0.15) is 22.3 Å². The summed E-state index contributed by atoms with van der Waals surface area (Å²) in [5.41, 5.74) is 1.20. The van der Waals surface area contributed by atoms with E-state index in [4.69, 9.17) is 9.47 Å². The van der Waals surface area contributed by atoms with Gasteiger partial charge in [0.15, 0.2) is 0 Å². The molecule has 0 unspecified atom stereocenters. The molecule has 0 saturated carbocycles. The van der Waals surface area contributed by atoms with Crippen molar-refractivity contribution in [3.05, 3.63) is 96.8 Å². The molecule has 0 amide bonds. The molecule has 4 rings (SSSR count). The average molecular weight is 419 g/mol. The van der Waals surface area contributed by atoms with Crippen LogP contribution < -0.4 is 9.47 Å². The van der Waals surface area contributed by atoms with Crippen LogP contribution in [-0.2, 0) is 0 Å². The van der Waals surface area contributed by atoms with Gasteiger partial charge < -0.3 is 9.47 Å². The van der Waals surface area contributed by atoms with Crippen LogP contribution in [0.25, 0.3) is 0 Å². The highest BCUT2D eigenvalue weighted by molar-refractivity contribution is 8.76. The number of rotatable bonds is 7. The first-order valence-corrected chi connectivity index (χ1v) is 11.1. The first-order valence-electron chi connectivity index (χ1n) is 8.99. The smallest absolute Gasteiger partial charge is 0.219 e. The number of hydrogen-bond acceptors (Lipinski definition) is 6. The Morgan fingerprint density at radius 3 is 2.07 bits per heavy atom. The van der Waals surface area contributed by atoms with E-state index >= 15 is 0 Å². The summed E-state index contributed by atoms with van der Waals surface area (Å²) in [6.45, 7) is 2.05. The first kappa shape index (κ1) is 19.4. The van der Waals surface area contributed by atoms with E-state index in [-0.39, 0.29) is 0 Å². The van der Waals surface area contributed by atoms with Crippen molar-refractivity contribution in [2.24, 2.45) is 0 Å². The molecule has 0 spiro atoms. The van der Waals surface area contributed by atoms with E-state index in [1.165, 1.54) is 5.56 Å². The van der Waals surface area contributed by atoms with Crippen LogP contribution in [0.3, 0.4) is 0 Å². The molecule has 4 nitrogen and oxygen atoms in total. The zero-order valence-corrected chi connectivity index (χ0v) is 17.3. The number of hydrogen-bond donors (Lipinski definition) is 0. The van der Waals surface area contributed by atoms with Crippen molar-refractivity contribution in [1.82, 2.24) is 9.97 Å². The third kappa shape index (κ3) is 5.76. The van der Waals surface area contributed by atoms with Gasteiger partial charge in [-0.1, -0.05) is 34.6 Å². The van der Waals surface area contributed by atoms with E-state index in [2.05, 4.69) is 16.9 Å². The summed E-state index contributed by atoms with van der Waals surface area (Å²) in [5.74, 6) is 2.87. The van der Waals surface area contributed by atoms with Gasteiger partial charge in [0.05, 0.1) is 6.20 Å². The van der Waals surface area contributed by atoms with Crippen LogP contribution >= 0.6 is 21.6 Å². The summed E-state index contributed by atoms with van der Waals surface area (Å²) in [6.07, 6.45) is 3.45. The van der Waals surface area contributed by atoms with Crippen molar-refractivity contribution in [1.29, 1.82) is 0 Å². The van der Waals surface area contributed by atoms with E-state index in [0.717, 1.165) is 27.2 Å². The third-order valence-electron chi connectivity index (χ3n) is 3.87. The fourth-order valence-corrected chi connectivity index (χ4v) is 4.22. The fourth-order valence-electron chi connectivity index (χ4n) is 2.40. The monoisotopic (exact) mass is 418 g/mol. The molecule has 6 heteroatoms. The minimum atomic E-state index is 0.583. The Labute approximate surface area is 177 Å². The van der Waals surface area contributed by atoms with E-state index in [1.54, 1.807) is 34.0 Å². The number of benzene rings is 2. The average Bonchev–Trinajstić information content (AvgIpc) is 2.77. The lowest BCUT2D eigenvalue weighted by atomic mass is 10.2. The van der Waals surface area contributed by atoms with Gasteiger partial charge >= 0.3 is 0 Å². The van der Waals surface area contributed by atoms with Gasteiger partial charge in [-0.05, 0) is 72.3 Å². The molecule has 0 aliphatic carbocycles. The Morgan fingerprint density at radius 2 is 1.38 bits per heavy atom. The van der Waals surface area contributed by atoms with Crippen molar-refractivity contribution in [2.45, 2.75) is 16.8 Å². The molecule has 2 aromatic heterocycles. The highest BCUT2D eigenvalue weighted by Crippen LogP contribution is 2.37. The van der Waals surface area contributed by atoms with E-state index in [1.807, 2.05) is 78.9 Å². The van der Waals surface area contributed by atoms with Crippen LogP contribution in [0.4, 0.5) is 0 Å². The maximum Gasteiger partial charge on any atom is 0.219 e. The molecule has 0 aliphatic heterocycles. The van der Waals surface area contributed by atoms with Crippen molar-refractivity contribution in [3.8, 4) is 23.1 Å². The minimum Gasteiger partial charge on any atom is -0.456 e. The number of nitrogens with zero attached hydrogens (tertiary/aromatic N) is 2. The lowest BCUT2D eigenvalue weighted by Gasteiger charge is -2.07. The molecule has 2 aromatic carbocycles. The number of aryl methyl sites for hydroxylation is 1. The zero-order valence-electron chi connectivity index (χ0n) is 15.7. The topological polar surface area (TPSA) is 44.2 Å². The largest absolute Gasteiger partial charge is 0.456 e. The second kappa shape index (κ2) is 9.49. The predicted octanol–water partition coefficient (Wildman–Crippen LogP) is 7.17. The van der Waals surface area contributed by atoms with Crippen molar-refractivity contribution >= 4 is 21.6 Å². The Morgan fingerprint density at radius 1 is 0.655 bits per heavy atom. The summed E-state index contributed by atoms with van der Waals surface area (Å²) in [5, 5.41) is 0.917. The third-order valence-corrected chi connectivity index (χ3v) is 6.17. The molecule has 29 heavy (non-hydrogen) atoms. The van der Waals surface area contributed by atoms with E-state index in [0.29, 0.717) is 5.88 Å². The molecule has 0 radical (unpaired) electrons. The van der Waals surface area contributed by atoms with Crippen LogP contribution in [-0.4, -0.2) is 9.97 Å². The molecular formula is C23H18N2O2S2. The molecule has 0 bridgehead atoms. The maximum atomic E-state index is 5.82. The second-order valence-corrected chi connectivity index (χ2v) is 8.38. The number of aromatic nitrogens is 2. The molecule has 0 fully saturated rings. The van der Waals surface area contributed by atoms with Gasteiger partial charge in [0.25, 0.3) is 0 Å². The maximum absolute atomic E-state index is 5.82. The van der Waals surface area contributed by atoms with Crippen LogP contribution in [0.15, 0.2) is 101 Å². The van der Waals surface area contributed by atoms with Gasteiger partial charge in [0.2, 0.25) is 5.88 Å². The quantitative estimate of drug-likeness (QED) is 0.296. The summed E-state index contributed by atoms with van der Waals surface area (Å²) in [4.78, 5) is 9.74. The fraction of sp³-hybridized carbons (Fsp3) is 0.0435. The highest BCUT2D eigenvalue weighted by Gasteiger charge is 2.03. The number of pyridine rings is 2. The molecule has 144 valence electrons. The van der Waals surface area contributed by atoms with Crippen LogP contribution in [0.2, 0.25) is 0 Å². The Kier molecular flexibility index (Phi) is 6.34. The van der Waals surface area contributed by atoms with Gasteiger partial charge in [-0.25, -0.2) is 9.97 Å². The molecular weight excluding hydrogens is 400 g/mol. The number of ether oxygens (including phenoxy) is 2. The Balaban J connectivity index is 1.30. The summed E-state index contributed by atoms with van der Waals surface area (Å²) >= 11 is 0. The van der Waals surface area contributed by atoms with E-state index < -0.39 is 0 Å². The second-order valence-electron chi connectivity index (χ2n) is 6.16.